The number of aromatic nitrogens is 1. The number of carbonyl (C=O) groups is 2. The highest BCUT2D eigenvalue weighted by Gasteiger charge is 2.36. The van der Waals surface area contributed by atoms with Gasteiger partial charge in [-0.15, -0.1) is 12.4 Å². The predicted molar refractivity (Wildman–Crippen MR) is 163 cm³/mol. The number of amides is 2. The Labute approximate surface area is 266 Å². The molecule has 0 saturated carbocycles. The maximum absolute atomic E-state index is 15.8. The van der Waals surface area contributed by atoms with Crippen LogP contribution in [0.3, 0.4) is 0 Å². The molecule has 1 aromatic heterocycles. The summed E-state index contributed by atoms with van der Waals surface area (Å²) in [6, 6.07) is 4.49. The van der Waals surface area contributed by atoms with E-state index in [-0.39, 0.29) is 66.5 Å². The van der Waals surface area contributed by atoms with Gasteiger partial charge in [0.2, 0.25) is 11.3 Å². The summed E-state index contributed by atoms with van der Waals surface area (Å²) in [7, 11) is 1.15. The number of benzene rings is 2. The number of hydrogen-bond acceptors (Lipinski definition) is 6. The molecular weight excluding hydrogens is 653 g/mol. The smallest absolute Gasteiger partial charge is 0.406 e. The van der Waals surface area contributed by atoms with Gasteiger partial charge < -0.3 is 30.2 Å². The van der Waals surface area contributed by atoms with Crippen molar-refractivity contribution in [2.45, 2.75) is 45.2 Å². The van der Waals surface area contributed by atoms with Crippen LogP contribution >= 0.6 is 35.6 Å². The lowest BCUT2D eigenvalue weighted by Gasteiger charge is -2.45. The summed E-state index contributed by atoms with van der Waals surface area (Å²) in [4.78, 5) is 42.0. The van der Waals surface area contributed by atoms with Crippen LogP contribution in [0.15, 0.2) is 35.3 Å². The molecule has 9 nitrogen and oxygen atoms in total. The summed E-state index contributed by atoms with van der Waals surface area (Å²) in [6.45, 7) is 1.75. The summed E-state index contributed by atoms with van der Waals surface area (Å²) in [5, 5.41) is 2.58. The number of anilines is 1. The second-order valence-electron chi connectivity index (χ2n) is 10.3. The largest absolute Gasteiger partial charge is 0.492 e. The van der Waals surface area contributed by atoms with Crippen LogP contribution in [-0.2, 0) is 17.9 Å². The van der Waals surface area contributed by atoms with Gasteiger partial charge in [0.05, 0.1) is 24.6 Å². The molecule has 2 heterocycles. The second kappa shape index (κ2) is 13.8. The molecule has 240 valence electrons. The van der Waals surface area contributed by atoms with E-state index in [2.05, 4.69) is 5.32 Å². The first-order chi connectivity index (χ1) is 20.2. The molecule has 44 heavy (non-hydrogen) atoms. The lowest BCUT2D eigenvalue weighted by Crippen LogP contribution is -2.60. The number of piperazine rings is 1. The van der Waals surface area contributed by atoms with E-state index in [1.807, 2.05) is 0 Å². The number of hydrogen-bond donors (Lipinski definition) is 2. The van der Waals surface area contributed by atoms with Crippen LogP contribution in [0.25, 0.3) is 10.9 Å². The molecule has 1 aliphatic heterocycles. The van der Waals surface area contributed by atoms with Crippen LogP contribution in [0, 0.1) is 5.82 Å². The number of nitrogens with one attached hydrogen (secondary N) is 1. The van der Waals surface area contributed by atoms with Crippen LogP contribution in [-0.4, -0.2) is 66.3 Å². The molecule has 0 aliphatic carbocycles. The number of carbonyl (C=O) groups excluding carboxylic acids is 2. The van der Waals surface area contributed by atoms with Crippen molar-refractivity contribution >= 4 is 64.0 Å². The van der Waals surface area contributed by atoms with Crippen molar-refractivity contribution in [3.05, 3.63) is 67.7 Å². The minimum absolute atomic E-state index is 0. The highest BCUT2D eigenvalue weighted by molar-refractivity contribution is 6.35. The molecule has 16 heteroatoms. The van der Waals surface area contributed by atoms with E-state index in [0.717, 1.165) is 19.4 Å². The quantitative estimate of drug-likeness (QED) is 0.348. The molecule has 2 atom stereocenters. The van der Waals surface area contributed by atoms with Crippen LogP contribution in [0.4, 0.5) is 23.2 Å². The fourth-order valence-corrected chi connectivity index (χ4v) is 5.97. The number of nitrogens with two attached hydrogens (primary N) is 1. The van der Waals surface area contributed by atoms with Gasteiger partial charge in [-0.1, -0.05) is 29.3 Å². The number of fused-ring (bicyclic) bond motifs is 1. The average molecular weight is 683 g/mol. The Hall–Kier alpha value is -3.26. The molecule has 1 aliphatic rings. The Morgan fingerprint density at radius 1 is 1.14 bits per heavy atom. The topological polar surface area (TPSA) is 110 Å². The monoisotopic (exact) mass is 681 g/mol. The summed E-state index contributed by atoms with van der Waals surface area (Å²) >= 11 is 12.0. The number of alkyl halides is 3. The number of ether oxygens (including phenoxy) is 1. The number of methoxy groups -OCH3 is 1. The Balaban J connectivity index is 0.00000529. The van der Waals surface area contributed by atoms with E-state index in [9.17, 15) is 27.6 Å². The van der Waals surface area contributed by atoms with E-state index in [4.69, 9.17) is 33.7 Å². The first kappa shape index (κ1) is 35.2. The molecule has 2 amide bonds. The van der Waals surface area contributed by atoms with Gasteiger partial charge in [-0.25, -0.2) is 4.39 Å². The number of halogens is 7. The highest BCUT2D eigenvalue weighted by atomic mass is 35.5. The van der Waals surface area contributed by atoms with Gasteiger partial charge in [0, 0.05) is 48.0 Å². The van der Waals surface area contributed by atoms with Crippen molar-refractivity contribution in [3.63, 3.8) is 0 Å². The van der Waals surface area contributed by atoms with E-state index >= 15 is 4.39 Å². The van der Waals surface area contributed by atoms with Crippen molar-refractivity contribution in [2.75, 3.05) is 31.6 Å². The molecule has 3 aromatic rings. The summed E-state index contributed by atoms with van der Waals surface area (Å²) in [5.41, 5.74) is 3.86. The van der Waals surface area contributed by atoms with Crippen molar-refractivity contribution in [2.24, 2.45) is 5.73 Å². The van der Waals surface area contributed by atoms with Gasteiger partial charge in [-0.05, 0) is 37.6 Å². The van der Waals surface area contributed by atoms with Gasteiger partial charge in [-0.2, -0.15) is 13.2 Å². The SMILES string of the molecule is COc1c(N2CC(C)N(C(=O)CN)C(C)C2)c(F)cc2c(=O)c(C(=O)NCc3ccc(Cl)cc3Cl)cn(CC(F)(F)F)c12.Cl. The maximum atomic E-state index is 15.8. The molecule has 0 bridgehead atoms. The van der Waals surface area contributed by atoms with Gasteiger partial charge in [0.25, 0.3) is 5.91 Å². The van der Waals surface area contributed by atoms with Crippen molar-refractivity contribution < 1.29 is 31.9 Å². The highest BCUT2D eigenvalue weighted by Crippen LogP contribution is 2.40. The average Bonchev–Trinajstić information content (AvgIpc) is 2.91. The number of rotatable bonds is 7. The standard InChI is InChI=1S/C28H29Cl2F4N5O4.ClH/c1-14-10-37(11-15(2)39(14)22(40)8-35)24-21(31)7-18-23(26(24)43-3)38(13-28(32,33)34)12-19(25(18)41)27(42)36-9-16-4-5-17(29)6-20(16)30;/h4-7,12,14-15H,8-11,13,35H2,1-3H3,(H,36,42);1H. The Bertz CT molecular complexity index is 1620. The minimum Gasteiger partial charge on any atom is -0.492 e. The molecule has 2 aromatic carbocycles. The fraction of sp³-hybridized carbons (Fsp3) is 0.393. The zero-order chi connectivity index (χ0) is 31.8. The maximum Gasteiger partial charge on any atom is 0.406 e. The first-order valence-corrected chi connectivity index (χ1v) is 13.9. The van der Waals surface area contributed by atoms with Gasteiger partial charge in [0.1, 0.15) is 17.8 Å². The zero-order valence-corrected chi connectivity index (χ0v) is 26.1. The minimum atomic E-state index is -4.77. The van der Waals surface area contributed by atoms with Crippen molar-refractivity contribution in [1.29, 1.82) is 0 Å². The molecule has 0 spiro atoms. The van der Waals surface area contributed by atoms with Crippen molar-refractivity contribution in [3.8, 4) is 5.75 Å². The van der Waals surface area contributed by atoms with E-state index in [0.29, 0.717) is 15.2 Å². The molecule has 1 fully saturated rings. The Morgan fingerprint density at radius 2 is 1.77 bits per heavy atom. The number of pyridine rings is 1. The third-order valence-corrected chi connectivity index (χ3v) is 7.78. The van der Waals surface area contributed by atoms with E-state index in [1.165, 1.54) is 12.1 Å². The summed E-state index contributed by atoms with van der Waals surface area (Å²) in [5.74, 6) is -2.54. The van der Waals surface area contributed by atoms with Crippen LogP contribution in [0.2, 0.25) is 10.0 Å². The third-order valence-electron chi connectivity index (χ3n) is 7.19. The molecule has 3 N–H and O–H groups in total. The lowest BCUT2D eigenvalue weighted by atomic mass is 10.0. The Kier molecular flexibility index (Phi) is 11.0. The molecule has 2 unspecified atom stereocenters. The van der Waals surface area contributed by atoms with Crippen LogP contribution in [0.5, 0.6) is 5.75 Å². The Morgan fingerprint density at radius 3 is 2.32 bits per heavy atom. The zero-order valence-electron chi connectivity index (χ0n) is 23.8. The molecule has 0 radical (unpaired) electrons. The van der Waals surface area contributed by atoms with Gasteiger partial charge >= 0.3 is 6.18 Å². The lowest BCUT2D eigenvalue weighted by molar-refractivity contribution is -0.140. The van der Waals surface area contributed by atoms with Crippen LogP contribution in [0.1, 0.15) is 29.8 Å². The van der Waals surface area contributed by atoms with E-state index in [1.54, 1.807) is 29.7 Å². The molecular formula is C28H30Cl3F4N5O4. The van der Waals surface area contributed by atoms with Crippen LogP contribution < -0.4 is 26.1 Å². The first-order valence-electron chi connectivity index (χ1n) is 13.2. The van der Waals surface area contributed by atoms with Crippen molar-refractivity contribution in [1.82, 2.24) is 14.8 Å². The fourth-order valence-electron chi connectivity index (χ4n) is 5.49. The van der Waals surface area contributed by atoms with Gasteiger partial charge in [-0.3, -0.25) is 14.4 Å². The summed E-state index contributed by atoms with van der Waals surface area (Å²) < 4.78 is 63.3. The normalized spacial score (nSPS) is 17.0. The second-order valence-corrected chi connectivity index (χ2v) is 11.1. The van der Waals surface area contributed by atoms with E-state index < -0.39 is 52.9 Å². The molecule has 1 saturated heterocycles. The molecule has 4 rings (SSSR count). The number of nitrogens with zero attached hydrogens (tertiary/aromatic N) is 3. The third kappa shape index (κ3) is 7.17. The van der Waals surface area contributed by atoms with Gasteiger partial charge in [0.15, 0.2) is 11.6 Å². The predicted octanol–water partition coefficient (Wildman–Crippen LogP) is 4.75. The summed E-state index contributed by atoms with van der Waals surface area (Å²) in [6.07, 6.45) is -3.99.